The van der Waals surface area contributed by atoms with E-state index in [1.807, 2.05) is 18.2 Å². The van der Waals surface area contributed by atoms with Crippen LogP contribution in [-0.4, -0.2) is 19.2 Å². The van der Waals surface area contributed by atoms with E-state index in [2.05, 4.69) is 31.9 Å². The molecule has 0 unspecified atom stereocenters. The van der Waals surface area contributed by atoms with Gasteiger partial charge in [-0.2, -0.15) is 0 Å². The number of rotatable bonds is 0. The van der Waals surface area contributed by atoms with E-state index in [9.17, 15) is 0 Å². The number of benzene rings is 1. The summed E-state index contributed by atoms with van der Waals surface area (Å²) in [6, 6.07) is 8.16. The highest BCUT2D eigenvalue weighted by Crippen LogP contribution is 2.36. The van der Waals surface area contributed by atoms with E-state index in [4.69, 9.17) is 4.74 Å². The lowest BCUT2D eigenvalue weighted by Crippen LogP contribution is -2.49. The summed E-state index contributed by atoms with van der Waals surface area (Å²) in [6.45, 7) is 5.12. The standard InChI is InChI=1S/C11H15NO/c1-11(2)8-13-10-7-5-4-6-9(10)12(11)3/h4-7H,8H2,1-3H3. The zero-order valence-corrected chi connectivity index (χ0v) is 8.37. The second kappa shape index (κ2) is 2.66. The molecule has 0 saturated heterocycles. The second-order valence-electron chi connectivity index (χ2n) is 4.13. The lowest BCUT2D eigenvalue weighted by Gasteiger charge is -2.42. The first-order valence-corrected chi connectivity index (χ1v) is 4.57. The SMILES string of the molecule is CN1c2ccccc2OCC1(C)C. The number of anilines is 1. The van der Waals surface area contributed by atoms with E-state index in [-0.39, 0.29) is 5.54 Å². The molecule has 1 aromatic carbocycles. The van der Waals surface area contributed by atoms with Gasteiger partial charge in [-0.3, -0.25) is 0 Å². The van der Waals surface area contributed by atoms with Crippen LogP contribution in [0.1, 0.15) is 13.8 Å². The van der Waals surface area contributed by atoms with Crippen LogP contribution in [0.2, 0.25) is 0 Å². The van der Waals surface area contributed by atoms with E-state index in [0.29, 0.717) is 0 Å². The molecule has 0 radical (unpaired) electrons. The maximum atomic E-state index is 5.67. The lowest BCUT2D eigenvalue weighted by molar-refractivity contribution is 0.218. The zero-order chi connectivity index (χ0) is 9.47. The Morgan fingerprint density at radius 1 is 1.31 bits per heavy atom. The molecule has 0 N–H and O–H groups in total. The van der Waals surface area contributed by atoms with Gasteiger partial charge in [0.15, 0.2) is 0 Å². The molecule has 0 fully saturated rings. The minimum absolute atomic E-state index is 0.0916. The van der Waals surface area contributed by atoms with Gasteiger partial charge in [-0.15, -0.1) is 0 Å². The van der Waals surface area contributed by atoms with Gasteiger partial charge in [0, 0.05) is 7.05 Å². The summed E-state index contributed by atoms with van der Waals surface area (Å²) in [6.07, 6.45) is 0. The second-order valence-corrected chi connectivity index (χ2v) is 4.13. The third kappa shape index (κ3) is 1.26. The van der Waals surface area contributed by atoms with Crippen molar-refractivity contribution in [2.24, 2.45) is 0 Å². The number of fused-ring (bicyclic) bond motifs is 1. The Morgan fingerprint density at radius 2 is 2.00 bits per heavy atom. The average molecular weight is 177 g/mol. The Morgan fingerprint density at radius 3 is 2.77 bits per heavy atom. The number of ether oxygens (including phenoxy) is 1. The van der Waals surface area contributed by atoms with Crippen molar-refractivity contribution >= 4 is 5.69 Å². The molecule has 0 saturated carbocycles. The average Bonchev–Trinajstić information content (AvgIpc) is 2.13. The molecule has 0 bridgehead atoms. The topological polar surface area (TPSA) is 12.5 Å². The normalized spacial score (nSPS) is 19.2. The van der Waals surface area contributed by atoms with Gasteiger partial charge < -0.3 is 9.64 Å². The number of nitrogens with zero attached hydrogens (tertiary/aromatic N) is 1. The molecule has 1 aliphatic rings. The van der Waals surface area contributed by atoms with E-state index in [0.717, 1.165) is 12.4 Å². The van der Waals surface area contributed by atoms with Crippen LogP contribution in [0.4, 0.5) is 5.69 Å². The fraction of sp³-hybridized carbons (Fsp3) is 0.455. The molecule has 70 valence electrons. The summed E-state index contributed by atoms with van der Waals surface area (Å²) < 4.78 is 5.67. The van der Waals surface area contributed by atoms with Gasteiger partial charge in [0.1, 0.15) is 12.4 Å². The largest absolute Gasteiger partial charge is 0.489 e. The molecule has 0 spiro atoms. The molecule has 1 aromatic rings. The smallest absolute Gasteiger partial charge is 0.142 e. The summed E-state index contributed by atoms with van der Waals surface area (Å²) in [5.41, 5.74) is 1.27. The van der Waals surface area contributed by atoms with Gasteiger partial charge in [-0.25, -0.2) is 0 Å². The third-order valence-corrected chi connectivity index (χ3v) is 2.72. The molecule has 0 aromatic heterocycles. The van der Waals surface area contributed by atoms with Crippen LogP contribution in [0.5, 0.6) is 5.75 Å². The summed E-state index contributed by atoms with van der Waals surface area (Å²) >= 11 is 0. The first-order valence-electron chi connectivity index (χ1n) is 4.57. The zero-order valence-electron chi connectivity index (χ0n) is 8.37. The van der Waals surface area contributed by atoms with Gasteiger partial charge in [0.25, 0.3) is 0 Å². The molecular formula is C11H15NO. The first-order chi connectivity index (χ1) is 6.11. The molecule has 0 atom stereocenters. The Hall–Kier alpha value is -1.18. The Kier molecular flexibility index (Phi) is 1.72. The molecule has 2 heteroatoms. The van der Waals surface area contributed by atoms with Crippen LogP contribution >= 0.6 is 0 Å². The highest BCUT2D eigenvalue weighted by Gasteiger charge is 2.30. The van der Waals surface area contributed by atoms with Crippen LogP contribution < -0.4 is 9.64 Å². The van der Waals surface area contributed by atoms with Crippen LogP contribution in [0.15, 0.2) is 24.3 Å². The number of hydrogen-bond acceptors (Lipinski definition) is 2. The minimum atomic E-state index is 0.0916. The van der Waals surface area contributed by atoms with E-state index in [1.54, 1.807) is 0 Å². The van der Waals surface area contributed by atoms with Crippen molar-refractivity contribution in [2.75, 3.05) is 18.6 Å². The van der Waals surface area contributed by atoms with Crippen LogP contribution in [-0.2, 0) is 0 Å². The number of para-hydroxylation sites is 2. The fourth-order valence-electron chi connectivity index (χ4n) is 1.53. The van der Waals surface area contributed by atoms with Crippen LogP contribution in [0.3, 0.4) is 0 Å². The van der Waals surface area contributed by atoms with E-state index < -0.39 is 0 Å². The maximum absolute atomic E-state index is 5.67. The maximum Gasteiger partial charge on any atom is 0.142 e. The molecule has 13 heavy (non-hydrogen) atoms. The van der Waals surface area contributed by atoms with Gasteiger partial charge in [-0.05, 0) is 26.0 Å². The Labute approximate surface area is 79.1 Å². The van der Waals surface area contributed by atoms with Crippen molar-refractivity contribution in [3.63, 3.8) is 0 Å². The summed E-state index contributed by atoms with van der Waals surface area (Å²) in [5.74, 6) is 0.990. The quantitative estimate of drug-likeness (QED) is 0.603. The van der Waals surface area contributed by atoms with Crippen molar-refractivity contribution in [1.29, 1.82) is 0 Å². The van der Waals surface area contributed by atoms with Gasteiger partial charge >= 0.3 is 0 Å². The number of likely N-dealkylation sites (N-methyl/N-ethyl adjacent to an activating group) is 1. The van der Waals surface area contributed by atoms with Crippen molar-refractivity contribution in [3.8, 4) is 5.75 Å². The molecular weight excluding hydrogens is 162 g/mol. The van der Waals surface area contributed by atoms with Crippen LogP contribution in [0.25, 0.3) is 0 Å². The highest BCUT2D eigenvalue weighted by atomic mass is 16.5. The van der Waals surface area contributed by atoms with Crippen LogP contribution in [0, 0.1) is 0 Å². The highest BCUT2D eigenvalue weighted by molar-refractivity contribution is 5.61. The molecule has 2 nitrogen and oxygen atoms in total. The van der Waals surface area contributed by atoms with Gasteiger partial charge in [0.2, 0.25) is 0 Å². The molecule has 0 aliphatic carbocycles. The fourth-order valence-corrected chi connectivity index (χ4v) is 1.53. The first kappa shape index (κ1) is 8.42. The predicted molar refractivity (Wildman–Crippen MR) is 54.4 cm³/mol. The van der Waals surface area contributed by atoms with Crippen molar-refractivity contribution in [3.05, 3.63) is 24.3 Å². The van der Waals surface area contributed by atoms with Crippen molar-refractivity contribution in [2.45, 2.75) is 19.4 Å². The van der Waals surface area contributed by atoms with Gasteiger partial charge in [-0.1, -0.05) is 12.1 Å². The molecule has 1 aliphatic heterocycles. The third-order valence-electron chi connectivity index (χ3n) is 2.72. The molecule has 1 heterocycles. The number of hydrogen-bond donors (Lipinski definition) is 0. The molecule has 0 amide bonds. The lowest BCUT2D eigenvalue weighted by atomic mass is 10.0. The Balaban J connectivity index is 2.45. The van der Waals surface area contributed by atoms with Crippen molar-refractivity contribution in [1.82, 2.24) is 0 Å². The van der Waals surface area contributed by atoms with Crippen molar-refractivity contribution < 1.29 is 4.74 Å². The summed E-state index contributed by atoms with van der Waals surface area (Å²) in [7, 11) is 2.11. The predicted octanol–water partition coefficient (Wildman–Crippen LogP) is 2.29. The van der Waals surface area contributed by atoms with Gasteiger partial charge in [0.05, 0.1) is 11.2 Å². The molecule has 2 rings (SSSR count). The summed E-state index contributed by atoms with van der Waals surface area (Å²) in [4.78, 5) is 2.27. The Bertz CT molecular complexity index is 320. The minimum Gasteiger partial charge on any atom is -0.489 e. The van der Waals surface area contributed by atoms with E-state index in [1.165, 1.54) is 5.69 Å². The monoisotopic (exact) mass is 177 g/mol. The van der Waals surface area contributed by atoms with E-state index >= 15 is 0 Å². The summed E-state index contributed by atoms with van der Waals surface area (Å²) in [5, 5.41) is 0.